The first-order chi connectivity index (χ1) is 18.0. The van der Waals surface area contributed by atoms with Gasteiger partial charge in [-0.2, -0.15) is 0 Å². The molecule has 6 nitrogen and oxygen atoms in total. The lowest BCUT2D eigenvalue weighted by Gasteiger charge is -2.62. The topological polar surface area (TPSA) is 107 Å². The Labute approximate surface area is 227 Å². The Morgan fingerprint density at radius 2 is 1.74 bits per heavy atom. The lowest BCUT2D eigenvalue weighted by Crippen LogP contribution is -2.58. The molecular formula is C32H48O6. The highest BCUT2D eigenvalue weighted by Crippen LogP contribution is 2.68. The second-order valence-corrected chi connectivity index (χ2v) is 13.8. The van der Waals surface area contributed by atoms with Crippen molar-refractivity contribution in [2.24, 2.45) is 46.3 Å². The SMILES string of the molecule is C[C@H](CCC(=O)OCCc1ccc(O)c(O)c1)[C@H]1CC[C@H]2[C@@H]3[C@@H](O)C[C@@H]4C[C@H](O)CC[C@]4(C)[C@H]3CC[C@]12C. The van der Waals surface area contributed by atoms with Gasteiger partial charge in [0.2, 0.25) is 0 Å². The van der Waals surface area contributed by atoms with E-state index in [0.717, 1.165) is 37.7 Å². The van der Waals surface area contributed by atoms with Crippen LogP contribution in [0.1, 0.15) is 90.5 Å². The van der Waals surface area contributed by atoms with Crippen LogP contribution < -0.4 is 0 Å². The molecule has 0 aliphatic heterocycles. The van der Waals surface area contributed by atoms with Gasteiger partial charge in [-0.3, -0.25) is 4.79 Å². The highest BCUT2D eigenvalue weighted by atomic mass is 16.5. The molecule has 0 heterocycles. The first-order valence-electron chi connectivity index (χ1n) is 15.1. The minimum atomic E-state index is -0.257. The van der Waals surface area contributed by atoms with Gasteiger partial charge in [0.05, 0.1) is 18.8 Å². The summed E-state index contributed by atoms with van der Waals surface area (Å²) in [7, 11) is 0. The molecule has 0 spiro atoms. The van der Waals surface area contributed by atoms with Crippen LogP contribution in [0.15, 0.2) is 18.2 Å². The van der Waals surface area contributed by atoms with Gasteiger partial charge in [-0.05, 0) is 122 Å². The van der Waals surface area contributed by atoms with E-state index in [2.05, 4.69) is 20.8 Å². The van der Waals surface area contributed by atoms with E-state index in [1.54, 1.807) is 6.07 Å². The molecule has 6 heteroatoms. The molecule has 0 amide bonds. The summed E-state index contributed by atoms with van der Waals surface area (Å²) in [5, 5.41) is 40.8. The van der Waals surface area contributed by atoms with Crippen molar-refractivity contribution in [1.29, 1.82) is 0 Å². The van der Waals surface area contributed by atoms with Gasteiger partial charge in [-0.25, -0.2) is 0 Å². The van der Waals surface area contributed by atoms with Crippen LogP contribution in [0.2, 0.25) is 0 Å². The molecular weight excluding hydrogens is 480 g/mol. The monoisotopic (exact) mass is 528 g/mol. The van der Waals surface area contributed by atoms with Crippen LogP contribution in [-0.2, 0) is 16.0 Å². The zero-order valence-electron chi connectivity index (χ0n) is 23.4. The van der Waals surface area contributed by atoms with Crippen LogP contribution in [0.5, 0.6) is 11.5 Å². The number of hydrogen-bond donors (Lipinski definition) is 4. The first kappa shape index (κ1) is 27.8. The largest absolute Gasteiger partial charge is 0.504 e. The van der Waals surface area contributed by atoms with Crippen molar-refractivity contribution >= 4 is 5.97 Å². The maximum Gasteiger partial charge on any atom is 0.305 e. The molecule has 38 heavy (non-hydrogen) atoms. The Morgan fingerprint density at radius 1 is 1.00 bits per heavy atom. The van der Waals surface area contributed by atoms with Gasteiger partial charge in [-0.15, -0.1) is 0 Å². The minimum absolute atomic E-state index is 0.152. The van der Waals surface area contributed by atoms with Crippen LogP contribution in [0.4, 0.5) is 0 Å². The minimum Gasteiger partial charge on any atom is -0.504 e. The number of ether oxygens (including phenoxy) is 1. The molecule has 5 rings (SSSR count). The normalized spacial score (nSPS) is 41.0. The Hall–Kier alpha value is -1.79. The van der Waals surface area contributed by atoms with Crippen molar-refractivity contribution in [2.75, 3.05) is 6.61 Å². The third-order valence-electron chi connectivity index (χ3n) is 11.9. The van der Waals surface area contributed by atoms with Gasteiger partial charge in [0.1, 0.15) is 0 Å². The number of carbonyl (C=O) groups is 1. The van der Waals surface area contributed by atoms with E-state index in [0.29, 0.717) is 48.3 Å². The fourth-order valence-electron chi connectivity index (χ4n) is 9.80. The number of aromatic hydroxyl groups is 2. The number of rotatable bonds is 7. The Bertz CT molecular complexity index is 1010. The van der Waals surface area contributed by atoms with Crippen molar-refractivity contribution in [3.63, 3.8) is 0 Å². The lowest BCUT2D eigenvalue weighted by molar-refractivity contribution is -0.174. The number of fused-ring (bicyclic) bond motifs is 5. The molecule has 4 aliphatic rings. The number of esters is 1. The standard InChI is InChI=1S/C32H48O6/c1-19(4-9-29(37)38-15-12-20-5-8-26(34)27(35)16-20)23-6-7-24-30-25(11-14-32(23,24)3)31(2)13-10-22(33)17-21(31)18-28(30)36/h5,8,16,19,21-25,28,30,33-36H,4,6-7,9-15,17-18H2,1-3H3/t19-,21+,22-,23-,24+,25+,28+,30+,31+,32-/m1/s1. The molecule has 4 aliphatic carbocycles. The van der Waals surface area contributed by atoms with E-state index in [4.69, 9.17) is 4.74 Å². The number of aliphatic hydroxyl groups excluding tert-OH is 2. The van der Waals surface area contributed by atoms with Gasteiger partial charge in [0, 0.05) is 12.8 Å². The Morgan fingerprint density at radius 3 is 2.50 bits per heavy atom. The second kappa shape index (κ2) is 10.6. The number of hydrogen-bond acceptors (Lipinski definition) is 6. The van der Waals surface area contributed by atoms with Crippen molar-refractivity contribution in [3.05, 3.63) is 23.8 Å². The molecule has 0 bridgehead atoms. The predicted molar refractivity (Wildman–Crippen MR) is 145 cm³/mol. The average Bonchev–Trinajstić information content (AvgIpc) is 3.23. The average molecular weight is 529 g/mol. The molecule has 4 fully saturated rings. The summed E-state index contributed by atoms with van der Waals surface area (Å²) < 4.78 is 5.48. The fraction of sp³-hybridized carbons (Fsp3) is 0.781. The molecule has 0 saturated heterocycles. The van der Waals surface area contributed by atoms with E-state index in [-0.39, 0.29) is 47.1 Å². The summed E-state index contributed by atoms with van der Waals surface area (Å²) in [6.45, 7) is 7.49. The van der Waals surface area contributed by atoms with E-state index >= 15 is 0 Å². The number of phenolic OH excluding ortho intramolecular Hbond substituents is 2. The number of aliphatic hydroxyl groups is 2. The Kier molecular flexibility index (Phi) is 7.78. The van der Waals surface area contributed by atoms with Gasteiger partial charge in [0.25, 0.3) is 0 Å². The molecule has 0 unspecified atom stereocenters. The van der Waals surface area contributed by atoms with E-state index in [1.165, 1.54) is 37.8 Å². The van der Waals surface area contributed by atoms with Crippen LogP contribution in [0, 0.1) is 46.3 Å². The summed E-state index contributed by atoms with van der Waals surface area (Å²) >= 11 is 0. The molecule has 1 aromatic carbocycles. The smallest absolute Gasteiger partial charge is 0.305 e. The zero-order chi connectivity index (χ0) is 27.2. The van der Waals surface area contributed by atoms with Gasteiger partial charge < -0.3 is 25.2 Å². The summed E-state index contributed by atoms with van der Waals surface area (Å²) in [5.41, 5.74) is 1.28. The summed E-state index contributed by atoms with van der Waals surface area (Å²) in [6.07, 6.45) is 9.70. The maximum atomic E-state index is 12.5. The number of benzene rings is 1. The highest BCUT2D eigenvalue weighted by molar-refractivity contribution is 5.69. The summed E-state index contributed by atoms with van der Waals surface area (Å²) in [6, 6.07) is 4.67. The van der Waals surface area contributed by atoms with Gasteiger partial charge in [-0.1, -0.05) is 26.8 Å². The van der Waals surface area contributed by atoms with Crippen LogP contribution >= 0.6 is 0 Å². The second-order valence-electron chi connectivity index (χ2n) is 13.8. The third-order valence-corrected chi connectivity index (χ3v) is 11.9. The summed E-state index contributed by atoms with van der Waals surface area (Å²) in [4.78, 5) is 12.5. The van der Waals surface area contributed by atoms with Crippen molar-refractivity contribution in [2.45, 2.75) is 104 Å². The van der Waals surface area contributed by atoms with Crippen molar-refractivity contribution < 1.29 is 30.0 Å². The van der Waals surface area contributed by atoms with Gasteiger partial charge >= 0.3 is 5.97 Å². The van der Waals surface area contributed by atoms with Crippen LogP contribution in [0.25, 0.3) is 0 Å². The highest BCUT2D eigenvalue weighted by Gasteiger charge is 2.62. The number of phenols is 2. The predicted octanol–water partition coefficient (Wildman–Crippen LogP) is 5.59. The third kappa shape index (κ3) is 4.96. The Balaban J connectivity index is 1.15. The van der Waals surface area contributed by atoms with E-state index in [1.807, 2.05) is 0 Å². The molecule has 4 saturated carbocycles. The lowest BCUT2D eigenvalue weighted by atomic mass is 9.43. The maximum absolute atomic E-state index is 12.5. The first-order valence-corrected chi connectivity index (χ1v) is 15.1. The van der Waals surface area contributed by atoms with Crippen LogP contribution in [0.3, 0.4) is 0 Å². The van der Waals surface area contributed by atoms with E-state index in [9.17, 15) is 25.2 Å². The molecule has 10 atom stereocenters. The molecule has 4 N–H and O–H groups in total. The van der Waals surface area contributed by atoms with Crippen molar-refractivity contribution in [1.82, 2.24) is 0 Å². The summed E-state index contributed by atoms with van der Waals surface area (Å²) in [5.74, 6) is 2.41. The molecule has 1 aromatic rings. The van der Waals surface area contributed by atoms with Crippen molar-refractivity contribution in [3.8, 4) is 11.5 Å². The molecule has 0 radical (unpaired) electrons. The number of carbonyl (C=O) groups excluding carboxylic acids is 1. The quantitative estimate of drug-likeness (QED) is 0.271. The van der Waals surface area contributed by atoms with Gasteiger partial charge in [0.15, 0.2) is 11.5 Å². The van der Waals surface area contributed by atoms with Crippen LogP contribution in [-0.4, -0.2) is 45.2 Å². The molecule has 212 valence electrons. The zero-order valence-corrected chi connectivity index (χ0v) is 23.4. The molecule has 0 aromatic heterocycles. The van der Waals surface area contributed by atoms with E-state index < -0.39 is 0 Å². The fourth-order valence-corrected chi connectivity index (χ4v) is 9.80.